The van der Waals surface area contributed by atoms with E-state index in [-0.39, 0.29) is 43.6 Å². The lowest BCUT2D eigenvalue weighted by molar-refractivity contribution is -0.147. The van der Waals surface area contributed by atoms with Crippen molar-refractivity contribution in [2.75, 3.05) is 0 Å². The van der Waals surface area contributed by atoms with Crippen LogP contribution in [0.4, 0.5) is 0 Å². The van der Waals surface area contributed by atoms with Gasteiger partial charge in [0.2, 0.25) is 5.91 Å². The normalized spacial score (nSPS) is 24.5. The van der Waals surface area contributed by atoms with Crippen molar-refractivity contribution in [1.82, 2.24) is 14.6 Å². The van der Waals surface area contributed by atoms with Crippen LogP contribution in [0, 0.1) is 11.3 Å². The number of amides is 1. The van der Waals surface area contributed by atoms with Gasteiger partial charge in [-0.3, -0.25) is 18.8 Å². The Balaban J connectivity index is 1.64. The van der Waals surface area contributed by atoms with Crippen molar-refractivity contribution < 1.29 is 23.5 Å². The van der Waals surface area contributed by atoms with Gasteiger partial charge in [0.05, 0.1) is 17.4 Å². The van der Waals surface area contributed by atoms with Crippen LogP contribution in [-0.4, -0.2) is 41.1 Å². The minimum absolute atomic E-state index is 0.0162. The molecule has 8 nitrogen and oxygen atoms in total. The van der Waals surface area contributed by atoms with E-state index >= 15 is 0 Å². The average molecular weight is 630 g/mol. The van der Waals surface area contributed by atoms with E-state index in [0.717, 1.165) is 29.5 Å². The monoisotopic (exact) mass is 628 g/mol. The first-order valence-electron chi connectivity index (χ1n) is 13.8. The molecule has 5 unspecified atom stereocenters. The maximum atomic E-state index is 13.6. The predicted molar refractivity (Wildman–Crippen MR) is 160 cm³/mol. The molecular weight excluding hydrogens is 597 g/mol. The minimum Gasteiger partial charge on any atom is -0.760 e. The summed E-state index contributed by atoms with van der Waals surface area (Å²) >= 11 is 10.0. The molecule has 1 amide bonds. The van der Waals surface area contributed by atoms with Crippen LogP contribution in [0.3, 0.4) is 0 Å². The van der Waals surface area contributed by atoms with Gasteiger partial charge in [0, 0.05) is 52.2 Å². The molecule has 2 heterocycles. The number of carbonyl (C=O) groups excluding carboxylic acids is 1. The molecule has 1 aliphatic carbocycles. The van der Waals surface area contributed by atoms with Gasteiger partial charge in [-0.05, 0) is 78.6 Å². The Hall–Kier alpha value is -2.82. The molecule has 2 aliphatic rings. The van der Waals surface area contributed by atoms with Gasteiger partial charge >= 0.3 is 5.97 Å². The molecule has 2 fully saturated rings. The Kier molecular flexibility index (Phi) is 9.06. The van der Waals surface area contributed by atoms with Crippen LogP contribution in [0.1, 0.15) is 61.6 Å². The van der Waals surface area contributed by atoms with Gasteiger partial charge in [0.15, 0.2) is 0 Å². The van der Waals surface area contributed by atoms with E-state index in [1.807, 2.05) is 36.4 Å². The van der Waals surface area contributed by atoms with E-state index in [1.165, 1.54) is 4.31 Å². The molecule has 0 radical (unpaired) electrons. The molecule has 1 aliphatic heterocycles. The molecule has 1 aromatic heterocycles. The lowest BCUT2D eigenvalue weighted by Crippen LogP contribution is -2.59. The number of carbonyl (C=O) groups is 2. The molecule has 1 saturated heterocycles. The van der Waals surface area contributed by atoms with Crippen molar-refractivity contribution >= 4 is 46.3 Å². The number of halogens is 2. The van der Waals surface area contributed by atoms with E-state index in [4.69, 9.17) is 23.2 Å². The highest BCUT2D eigenvalue weighted by atomic mass is 35.5. The smallest absolute Gasteiger partial charge is 0.304 e. The lowest BCUT2D eigenvalue weighted by Gasteiger charge is -2.50. The number of carboxylic acids is 1. The van der Waals surface area contributed by atoms with Crippen molar-refractivity contribution in [3.63, 3.8) is 0 Å². The molecule has 2 aromatic carbocycles. The second-order valence-corrected chi connectivity index (χ2v) is 13.3. The zero-order valence-corrected chi connectivity index (χ0v) is 25.4. The molecule has 11 heteroatoms. The standard InChI is InChI=1S/C31H33Cl2N3O5S/c1-30(17-28(37)38)15-26(21-5-2-6-25(33)14-21)27(35-29(30)39)16-31(22-7-8-22,23-9-11-24(32)12-10-23)36(42(40)41)19-20-4-3-13-34-18-20/h2-6,9-14,18,22,26-27H,7-8,15-17,19H2,1H3,(H,35,39)(H,37,38)(H,40,41)/p-1. The molecule has 0 spiro atoms. The number of aromatic nitrogens is 1. The summed E-state index contributed by atoms with van der Waals surface area (Å²) < 4.78 is 27.8. The Morgan fingerprint density at radius 2 is 1.90 bits per heavy atom. The average Bonchev–Trinajstić information content (AvgIpc) is 3.79. The SMILES string of the molecule is CC1(CC(=O)O)CC(c2cccc(Cl)c2)C(CC(c2ccc(Cl)cc2)(C2CC2)N(Cc2cccnc2)S(=O)[O-])NC1=O. The van der Waals surface area contributed by atoms with Crippen LogP contribution in [0.15, 0.2) is 73.1 Å². The van der Waals surface area contributed by atoms with Gasteiger partial charge in [-0.2, -0.15) is 0 Å². The van der Waals surface area contributed by atoms with E-state index in [2.05, 4.69) is 10.3 Å². The van der Waals surface area contributed by atoms with Crippen LogP contribution in [-0.2, 0) is 32.9 Å². The number of pyridine rings is 1. The summed E-state index contributed by atoms with van der Waals surface area (Å²) in [7, 11) is 0. The fraction of sp³-hybridized carbons (Fsp3) is 0.387. The zero-order chi connectivity index (χ0) is 30.1. The highest BCUT2D eigenvalue weighted by molar-refractivity contribution is 7.76. The van der Waals surface area contributed by atoms with Crippen molar-refractivity contribution in [3.05, 3.63) is 99.8 Å². The number of rotatable bonds is 11. The Labute approximate surface area is 257 Å². The molecule has 0 bridgehead atoms. The summed E-state index contributed by atoms with van der Waals surface area (Å²) in [6, 6.07) is 17.6. The maximum Gasteiger partial charge on any atom is 0.304 e. The van der Waals surface area contributed by atoms with Gasteiger partial charge in [-0.15, -0.1) is 0 Å². The van der Waals surface area contributed by atoms with E-state index < -0.39 is 34.2 Å². The zero-order valence-electron chi connectivity index (χ0n) is 23.0. The number of nitrogens with one attached hydrogen (secondary N) is 1. The molecule has 1 saturated carbocycles. The number of hydrogen-bond acceptors (Lipinski definition) is 5. The van der Waals surface area contributed by atoms with Crippen molar-refractivity contribution in [3.8, 4) is 0 Å². The van der Waals surface area contributed by atoms with Gasteiger partial charge in [-0.25, -0.2) is 4.31 Å². The van der Waals surface area contributed by atoms with Crippen LogP contribution in [0.2, 0.25) is 10.0 Å². The van der Waals surface area contributed by atoms with E-state index in [9.17, 15) is 23.5 Å². The Morgan fingerprint density at radius 1 is 1.17 bits per heavy atom. The predicted octanol–water partition coefficient (Wildman–Crippen LogP) is 5.83. The van der Waals surface area contributed by atoms with Crippen LogP contribution >= 0.6 is 23.2 Å². The van der Waals surface area contributed by atoms with Gasteiger partial charge < -0.3 is 15.0 Å². The summed E-state index contributed by atoms with van der Waals surface area (Å²) in [5, 5.41) is 13.8. The Morgan fingerprint density at radius 3 is 2.50 bits per heavy atom. The van der Waals surface area contributed by atoms with Crippen molar-refractivity contribution in [1.29, 1.82) is 0 Å². The third-order valence-electron chi connectivity index (χ3n) is 8.64. The largest absolute Gasteiger partial charge is 0.760 e. The number of piperidine rings is 1. The molecule has 5 atom stereocenters. The van der Waals surface area contributed by atoms with Gasteiger partial charge in [-0.1, -0.05) is 60.5 Å². The fourth-order valence-corrected chi connectivity index (χ4v) is 7.69. The second-order valence-electron chi connectivity index (χ2n) is 11.6. The van der Waals surface area contributed by atoms with Crippen molar-refractivity contribution in [2.45, 2.75) is 63.1 Å². The van der Waals surface area contributed by atoms with Crippen LogP contribution < -0.4 is 5.32 Å². The number of carboxylic acid groups (broad SMARTS) is 1. The summed E-state index contributed by atoms with van der Waals surface area (Å²) in [6.45, 7) is 1.75. The number of nitrogens with zero attached hydrogens (tertiary/aromatic N) is 2. The first-order chi connectivity index (χ1) is 20.0. The summed E-state index contributed by atoms with van der Waals surface area (Å²) in [6.07, 6.45) is 5.10. The number of benzene rings is 2. The van der Waals surface area contributed by atoms with E-state index in [1.54, 1.807) is 43.6 Å². The molecular formula is C31H32Cl2N3O5S-. The molecule has 222 valence electrons. The van der Waals surface area contributed by atoms with Crippen LogP contribution in [0.5, 0.6) is 0 Å². The highest BCUT2D eigenvalue weighted by Gasteiger charge is 2.55. The second kappa shape index (κ2) is 12.4. The molecule has 5 rings (SSSR count). The fourth-order valence-electron chi connectivity index (χ4n) is 6.52. The Bertz CT molecular complexity index is 1470. The summed E-state index contributed by atoms with van der Waals surface area (Å²) in [4.78, 5) is 29.6. The lowest BCUT2D eigenvalue weighted by atomic mass is 9.66. The number of hydrogen-bond donors (Lipinski definition) is 2. The third-order valence-corrected chi connectivity index (χ3v) is 9.94. The molecule has 42 heavy (non-hydrogen) atoms. The quantitative estimate of drug-likeness (QED) is 0.257. The first kappa shape index (κ1) is 30.6. The summed E-state index contributed by atoms with van der Waals surface area (Å²) in [5.41, 5.74) is 0.179. The van der Waals surface area contributed by atoms with E-state index in [0.29, 0.717) is 10.0 Å². The topological polar surface area (TPSA) is 123 Å². The first-order valence-corrected chi connectivity index (χ1v) is 15.6. The number of aliphatic carboxylic acids is 1. The van der Waals surface area contributed by atoms with Crippen LogP contribution in [0.25, 0.3) is 0 Å². The van der Waals surface area contributed by atoms with Gasteiger partial charge in [0.25, 0.3) is 0 Å². The molecule has 3 aromatic rings. The summed E-state index contributed by atoms with van der Waals surface area (Å²) in [5.74, 6) is -1.76. The van der Waals surface area contributed by atoms with Crippen molar-refractivity contribution in [2.24, 2.45) is 11.3 Å². The third kappa shape index (κ3) is 6.40. The van der Waals surface area contributed by atoms with Gasteiger partial charge in [0.1, 0.15) is 0 Å². The minimum atomic E-state index is -2.64. The highest BCUT2D eigenvalue weighted by Crippen LogP contribution is 2.55. The maximum absolute atomic E-state index is 13.6. The molecule has 2 N–H and O–H groups in total.